The van der Waals surface area contributed by atoms with E-state index in [4.69, 9.17) is 9.15 Å². The molecule has 0 atom stereocenters. The molecule has 0 aliphatic carbocycles. The van der Waals surface area contributed by atoms with Gasteiger partial charge in [-0.1, -0.05) is 0 Å². The number of aryl methyl sites for hydroxylation is 1. The Labute approximate surface area is 128 Å². The Morgan fingerprint density at radius 1 is 1.32 bits per heavy atom. The average molecular weight is 299 g/mol. The zero-order valence-corrected chi connectivity index (χ0v) is 12.6. The van der Waals surface area contributed by atoms with E-state index in [0.29, 0.717) is 12.1 Å². The van der Waals surface area contributed by atoms with Gasteiger partial charge in [0.2, 0.25) is 5.91 Å². The number of benzene rings is 1. The van der Waals surface area contributed by atoms with Gasteiger partial charge in [-0.2, -0.15) is 0 Å². The number of fused-ring (bicyclic) bond motifs is 1. The zero-order valence-electron chi connectivity index (χ0n) is 12.6. The number of hydrogen-bond donors (Lipinski definition) is 0. The monoisotopic (exact) mass is 299 g/mol. The van der Waals surface area contributed by atoms with Gasteiger partial charge in [0.05, 0.1) is 11.8 Å². The number of furan rings is 1. The summed E-state index contributed by atoms with van der Waals surface area (Å²) in [6, 6.07) is 7.10. The molecule has 5 nitrogen and oxygen atoms in total. The predicted octanol–water partition coefficient (Wildman–Crippen LogP) is 2.85. The molecule has 3 rings (SSSR count). The summed E-state index contributed by atoms with van der Waals surface area (Å²) in [5.74, 6) is 0.396. The number of carbonyl (C=O) groups excluding carboxylic acids is 2. The Balaban J connectivity index is 1.72. The number of esters is 1. The van der Waals surface area contributed by atoms with E-state index >= 15 is 0 Å². The Kier molecular flexibility index (Phi) is 3.71. The molecule has 1 aliphatic heterocycles. The van der Waals surface area contributed by atoms with Crippen molar-refractivity contribution in [3.05, 3.63) is 53.0 Å². The fourth-order valence-corrected chi connectivity index (χ4v) is 2.64. The minimum absolute atomic E-state index is 0.0181. The average Bonchev–Trinajstić information content (AvgIpc) is 3.10. The SMILES string of the molecule is CC(=O)N1CCc2cc(C(=O)OCc3ccoc3C)ccc21. The third kappa shape index (κ3) is 2.62. The topological polar surface area (TPSA) is 59.8 Å². The van der Waals surface area contributed by atoms with Crippen LogP contribution in [-0.4, -0.2) is 18.4 Å². The number of ether oxygens (including phenoxy) is 1. The molecule has 0 spiro atoms. The Bertz CT molecular complexity index is 732. The number of carbonyl (C=O) groups is 2. The van der Waals surface area contributed by atoms with Crippen molar-refractivity contribution in [2.24, 2.45) is 0 Å². The Hall–Kier alpha value is -2.56. The van der Waals surface area contributed by atoms with E-state index in [1.54, 1.807) is 30.2 Å². The molecule has 0 radical (unpaired) electrons. The largest absolute Gasteiger partial charge is 0.469 e. The molecule has 5 heteroatoms. The van der Waals surface area contributed by atoms with E-state index < -0.39 is 0 Å². The second-order valence-electron chi connectivity index (χ2n) is 5.34. The maximum Gasteiger partial charge on any atom is 0.338 e. The van der Waals surface area contributed by atoms with Gasteiger partial charge in [-0.25, -0.2) is 4.79 Å². The van der Waals surface area contributed by atoms with Gasteiger partial charge in [0.1, 0.15) is 12.4 Å². The third-order valence-electron chi connectivity index (χ3n) is 3.92. The maximum atomic E-state index is 12.1. The molecule has 2 heterocycles. The van der Waals surface area contributed by atoms with Crippen molar-refractivity contribution >= 4 is 17.6 Å². The number of anilines is 1. The Morgan fingerprint density at radius 3 is 2.82 bits per heavy atom. The highest BCUT2D eigenvalue weighted by atomic mass is 16.5. The van der Waals surface area contributed by atoms with Crippen LogP contribution in [0.1, 0.15) is 34.2 Å². The predicted molar refractivity (Wildman–Crippen MR) is 80.7 cm³/mol. The van der Waals surface area contributed by atoms with Crippen LogP contribution in [0.2, 0.25) is 0 Å². The molecule has 0 N–H and O–H groups in total. The van der Waals surface area contributed by atoms with Crippen molar-refractivity contribution in [2.45, 2.75) is 26.9 Å². The molecule has 22 heavy (non-hydrogen) atoms. The summed E-state index contributed by atoms with van der Waals surface area (Å²) in [6.45, 7) is 4.23. The molecule has 0 saturated heterocycles. The molecule has 2 aromatic rings. The van der Waals surface area contributed by atoms with Gasteiger partial charge in [-0.05, 0) is 43.2 Å². The molecule has 1 aliphatic rings. The van der Waals surface area contributed by atoms with Crippen molar-refractivity contribution in [2.75, 3.05) is 11.4 Å². The van der Waals surface area contributed by atoms with Crippen LogP contribution < -0.4 is 4.90 Å². The van der Waals surface area contributed by atoms with Gasteiger partial charge >= 0.3 is 5.97 Å². The van der Waals surface area contributed by atoms with Crippen molar-refractivity contribution in [3.63, 3.8) is 0 Å². The maximum absolute atomic E-state index is 12.1. The third-order valence-corrected chi connectivity index (χ3v) is 3.92. The van der Waals surface area contributed by atoms with Gasteiger partial charge in [-0.15, -0.1) is 0 Å². The van der Waals surface area contributed by atoms with Crippen LogP contribution in [0, 0.1) is 6.92 Å². The number of amides is 1. The molecular formula is C17H17NO4. The molecule has 1 amide bonds. The second-order valence-corrected chi connectivity index (χ2v) is 5.34. The first-order valence-electron chi connectivity index (χ1n) is 7.17. The molecule has 0 unspecified atom stereocenters. The van der Waals surface area contributed by atoms with Crippen molar-refractivity contribution in [1.29, 1.82) is 0 Å². The molecule has 114 valence electrons. The number of hydrogen-bond acceptors (Lipinski definition) is 4. The smallest absolute Gasteiger partial charge is 0.338 e. The van der Waals surface area contributed by atoms with Gasteiger partial charge in [-0.3, -0.25) is 4.79 Å². The van der Waals surface area contributed by atoms with Crippen LogP contribution in [0.25, 0.3) is 0 Å². The molecule has 0 fully saturated rings. The molecule has 0 saturated carbocycles. The highest BCUT2D eigenvalue weighted by Crippen LogP contribution is 2.29. The number of nitrogens with zero attached hydrogens (tertiary/aromatic N) is 1. The van der Waals surface area contributed by atoms with Gasteiger partial charge in [0.25, 0.3) is 0 Å². The summed E-state index contributed by atoms with van der Waals surface area (Å²) in [5.41, 5.74) is 3.25. The van der Waals surface area contributed by atoms with E-state index in [0.717, 1.165) is 29.0 Å². The lowest BCUT2D eigenvalue weighted by Crippen LogP contribution is -2.25. The molecule has 1 aromatic carbocycles. The minimum atomic E-state index is -0.371. The fraction of sp³-hybridized carbons (Fsp3) is 0.294. The van der Waals surface area contributed by atoms with Crippen LogP contribution in [0.3, 0.4) is 0 Å². The lowest BCUT2D eigenvalue weighted by Gasteiger charge is -2.14. The van der Waals surface area contributed by atoms with Crippen molar-refractivity contribution in [3.8, 4) is 0 Å². The van der Waals surface area contributed by atoms with Gasteiger partial charge < -0.3 is 14.1 Å². The molecular weight excluding hydrogens is 282 g/mol. The summed E-state index contributed by atoms with van der Waals surface area (Å²) in [5, 5.41) is 0. The summed E-state index contributed by atoms with van der Waals surface area (Å²) in [6.07, 6.45) is 2.33. The minimum Gasteiger partial charge on any atom is -0.469 e. The second kappa shape index (κ2) is 5.67. The standard InChI is InChI=1S/C17H17NO4/c1-11-15(6-8-21-11)10-22-17(20)14-3-4-16-13(9-14)5-7-18(16)12(2)19/h3-4,6,8-9H,5,7,10H2,1-2H3. The first-order chi connectivity index (χ1) is 10.6. The first-order valence-corrected chi connectivity index (χ1v) is 7.17. The van der Waals surface area contributed by atoms with E-state index in [9.17, 15) is 9.59 Å². The van der Waals surface area contributed by atoms with Crippen LogP contribution in [0.5, 0.6) is 0 Å². The highest BCUT2D eigenvalue weighted by molar-refractivity contribution is 5.96. The van der Waals surface area contributed by atoms with Crippen LogP contribution >= 0.6 is 0 Å². The Morgan fingerprint density at radius 2 is 2.14 bits per heavy atom. The summed E-state index contributed by atoms with van der Waals surface area (Å²) >= 11 is 0. The zero-order chi connectivity index (χ0) is 15.7. The van der Waals surface area contributed by atoms with E-state index in [1.165, 1.54) is 0 Å². The van der Waals surface area contributed by atoms with Crippen molar-refractivity contribution in [1.82, 2.24) is 0 Å². The van der Waals surface area contributed by atoms with Gasteiger partial charge in [0.15, 0.2) is 0 Å². The van der Waals surface area contributed by atoms with Crippen LogP contribution in [-0.2, 0) is 22.6 Å². The van der Waals surface area contributed by atoms with E-state index in [-0.39, 0.29) is 18.5 Å². The van der Waals surface area contributed by atoms with Gasteiger partial charge in [0, 0.05) is 24.7 Å². The van der Waals surface area contributed by atoms with Crippen LogP contribution in [0.4, 0.5) is 5.69 Å². The number of rotatable bonds is 3. The fourth-order valence-electron chi connectivity index (χ4n) is 2.64. The normalized spacial score (nSPS) is 13.1. The lowest BCUT2D eigenvalue weighted by atomic mass is 10.1. The summed E-state index contributed by atoms with van der Waals surface area (Å²) < 4.78 is 10.5. The van der Waals surface area contributed by atoms with E-state index in [2.05, 4.69) is 0 Å². The highest BCUT2D eigenvalue weighted by Gasteiger charge is 2.23. The molecule has 1 aromatic heterocycles. The van der Waals surface area contributed by atoms with Crippen LogP contribution in [0.15, 0.2) is 34.9 Å². The molecule has 0 bridgehead atoms. The summed E-state index contributed by atoms with van der Waals surface area (Å²) in [4.78, 5) is 25.4. The van der Waals surface area contributed by atoms with Crippen molar-refractivity contribution < 1.29 is 18.7 Å². The summed E-state index contributed by atoms with van der Waals surface area (Å²) in [7, 11) is 0. The first kappa shape index (κ1) is 14.4. The lowest BCUT2D eigenvalue weighted by molar-refractivity contribution is -0.116. The van der Waals surface area contributed by atoms with E-state index in [1.807, 2.05) is 19.1 Å². The quantitative estimate of drug-likeness (QED) is 0.818.